The Morgan fingerprint density at radius 3 is 2.21 bits per heavy atom. The van der Waals surface area contributed by atoms with Crippen LogP contribution in [0.25, 0.3) is 0 Å². The average Bonchev–Trinajstić information content (AvgIpc) is 3.40. The molecule has 6 heteroatoms. The third-order valence-corrected chi connectivity index (χ3v) is 4.65. The first-order chi connectivity index (χ1) is 11.6. The Labute approximate surface area is 143 Å². The Hall–Kier alpha value is -1.92. The fraction of sp³-hybridized carbons (Fsp3) is 0.556. The molecule has 0 radical (unpaired) electrons. The van der Waals surface area contributed by atoms with Gasteiger partial charge in [-0.25, -0.2) is 0 Å². The van der Waals surface area contributed by atoms with Crippen LogP contribution >= 0.6 is 0 Å². The summed E-state index contributed by atoms with van der Waals surface area (Å²) >= 11 is 0. The van der Waals surface area contributed by atoms with Crippen LogP contribution in [-0.2, 0) is 9.59 Å². The summed E-state index contributed by atoms with van der Waals surface area (Å²) in [7, 11) is 1.82. The van der Waals surface area contributed by atoms with Gasteiger partial charge in [-0.15, -0.1) is 0 Å². The summed E-state index contributed by atoms with van der Waals surface area (Å²) in [5.74, 6) is 0.229. The van der Waals surface area contributed by atoms with Crippen LogP contribution in [0.4, 0.5) is 5.69 Å². The van der Waals surface area contributed by atoms with Crippen LogP contribution in [0, 0.1) is 0 Å². The SMILES string of the molecule is CN(C(=O)CN1CCN(CC(=O)NC2CC2)CC1)c1ccccc1. The molecule has 0 bridgehead atoms. The molecule has 0 spiro atoms. The Balaban J connectivity index is 1.40. The van der Waals surface area contributed by atoms with Gasteiger partial charge < -0.3 is 10.2 Å². The molecule has 1 saturated heterocycles. The molecule has 1 aromatic carbocycles. The maximum atomic E-state index is 12.4. The van der Waals surface area contributed by atoms with E-state index in [1.807, 2.05) is 37.4 Å². The molecule has 1 saturated carbocycles. The largest absolute Gasteiger partial charge is 0.352 e. The summed E-state index contributed by atoms with van der Waals surface area (Å²) in [5.41, 5.74) is 0.915. The van der Waals surface area contributed by atoms with E-state index in [2.05, 4.69) is 15.1 Å². The average molecular weight is 330 g/mol. The monoisotopic (exact) mass is 330 g/mol. The van der Waals surface area contributed by atoms with E-state index in [0.29, 0.717) is 19.1 Å². The summed E-state index contributed by atoms with van der Waals surface area (Å²) in [6.07, 6.45) is 2.24. The molecule has 1 N–H and O–H groups in total. The van der Waals surface area contributed by atoms with Crippen LogP contribution in [0.3, 0.4) is 0 Å². The number of nitrogens with one attached hydrogen (secondary N) is 1. The normalized spacial score (nSPS) is 19.0. The van der Waals surface area contributed by atoms with E-state index in [4.69, 9.17) is 0 Å². The van der Waals surface area contributed by atoms with Gasteiger partial charge in [-0.2, -0.15) is 0 Å². The topological polar surface area (TPSA) is 55.9 Å². The smallest absolute Gasteiger partial charge is 0.240 e. The molecule has 3 rings (SSSR count). The van der Waals surface area contributed by atoms with Crippen molar-refractivity contribution in [2.45, 2.75) is 18.9 Å². The van der Waals surface area contributed by atoms with Gasteiger partial charge in [0.25, 0.3) is 0 Å². The van der Waals surface area contributed by atoms with Gasteiger partial charge in [0.15, 0.2) is 0 Å². The van der Waals surface area contributed by atoms with Crippen molar-refractivity contribution in [1.29, 1.82) is 0 Å². The molecule has 130 valence electrons. The summed E-state index contributed by atoms with van der Waals surface area (Å²) in [6.45, 7) is 4.21. The minimum Gasteiger partial charge on any atom is -0.352 e. The van der Waals surface area contributed by atoms with Crippen LogP contribution in [0.5, 0.6) is 0 Å². The second-order valence-corrected chi connectivity index (χ2v) is 6.68. The van der Waals surface area contributed by atoms with Crippen molar-refractivity contribution in [3.63, 3.8) is 0 Å². The highest BCUT2D eigenvalue weighted by molar-refractivity contribution is 5.94. The lowest BCUT2D eigenvalue weighted by molar-refractivity contribution is -0.124. The van der Waals surface area contributed by atoms with Crippen LogP contribution < -0.4 is 10.2 Å². The number of carbonyl (C=O) groups is 2. The number of piperazine rings is 1. The number of carbonyl (C=O) groups excluding carboxylic acids is 2. The molecular weight excluding hydrogens is 304 g/mol. The minimum atomic E-state index is 0.0983. The molecule has 2 fully saturated rings. The second-order valence-electron chi connectivity index (χ2n) is 6.68. The second kappa shape index (κ2) is 7.77. The van der Waals surface area contributed by atoms with Crippen molar-refractivity contribution in [3.05, 3.63) is 30.3 Å². The molecule has 1 heterocycles. The lowest BCUT2D eigenvalue weighted by Gasteiger charge is -2.34. The molecule has 0 atom stereocenters. The fourth-order valence-corrected chi connectivity index (χ4v) is 2.90. The van der Waals surface area contributed by atoms with Gasteiger partial charge in [0, 0.05) is 45.0 Å². The summed E-state index contributed by atoms with van der Waals surface area (Å²) in [6, 6.07) is 10.1. The minimum absolute atomic E-state index is 0.0983. The van der Waals surface area contributed by atoms with Gasteiger partial charge in [-0.05, 0) is 25.0 Å². The van der Waals surface area contributed by atoms with Crippen molar-refractivity contribution in [3.8, 4) is 0 Å². The fourth-order valence-electron chi connectivity index (χ4n) is 2.90. The molecule has 1 aliphatic heterocycles. The maximum absolute atomic E-state index is 12.4. The van der Waals surface area contributed by atoms with Gasteiger partial charge in [-0.1, -0.05) is 18.2 Å². The molecule has 6 nitrogen and oxygen atoms in total. The Kier molecular flexibility index (Phi) is 5.48. The molecular formula is C18H26N4O2. The predicted molar refractivity (Wildman–Crippen MR) is 93.9 cm³/mol. The maximum Gasteiger partial charge on any atom is 0.240 e. The third-order valence-electron chi connectivity index (χ3n) is 4.65. The number of para-hydroxylation sites is 1. The lowest BCUT2D eigenvalue weighted by Crippen LogP contribution is -2.51. The highest BCUT2D eigenvalue weighted by Crippen LogP contribution is 2.18. The molecule has 24 heavy (non-hydrogen) atoms. The highest BCUT2D eigenvalue weighted by Gasteiger charge is 2.26. The van der Waals surface area contributed by atoms with E-state index in [-0.39, 0.29) is 11.8 Å². The van der Waals surface area contributed by atoms with Crippen molar-refractivity contribution < 1.29 is 9.59 Å². The van der Waals surface area contributed by atoms with Crippen LogP contribution in [0.1, 0.15) is 12.8 Å². The number of amides is 2. The first-order valence-corrected chi connectivity index (χ1v) is 8.67. The number of likely N-dealkylation sites (N-methyl/N-ethyl adjacent to an activating group) is 1. The van der Waals surface area contributed by atoms with E-state index < -0.39 is 0 Å². The highest BCUT2D eigenvalue weighted by atomic mass is 16.2. The zero-order chi connectivity index (χ0) is 16.9. The molecule has 1 aromatic rings. The first kappa shape index (κ1) is 16.9. The zero-order valence-corrected chi connectivity index (χ0v) is 14.3. The van der Waals surface area contributed by atoms with Crippen molar-refractivity contribution in [2.24, 2.45) is 0 Å². The van der Waals surface area contributed by atoms with Gasteiger partial charge in [0.2, 0.25) is 11.8 Å². The van der Waals surface area contributed by atoms with Crippen LogP contribution in [-0.4, -0.2) is 74.0 Å². The number of rotatable bonds is 6. The number of benzene rings is 1. The quantitative estimate of drug-likeness (QED) is 0.827. The molecule has 0 aromatic heterocycles. The van der Waals surface area contributed by atoms with Gasteiger partial charge in [0.05, 0.1) is 13.1 Å². The van der Waals surface area contributed by atoms with E-state index in [9.17, 15) is 9.59 Å². The van der Waals surface area contributed by atoms with Gasteiger partial charge >= 0.3 is 0 Å². The van der Waals surface area contributed by atoms with Crippen molar-refractivity contribution >= 4 is 17.5 Å². The van der Waals surface area contributed by atoms with Crippen molar-refractivity contribution in [2.75, 3.05) is 51.2 Å². The lowest BCUT2D eigenvalue weighted by atomic mass is 10.2. The van der Waals surface area contributed by atoms with E-state index in [1.165, 1.54) is 0 Å². The molecule has 2 amide bonds. The number of hydrogen-bond donors (Lipinski definition) is 1. The predicted octanol–water partition coefficient (Wildman–Crippen LogP) is 0.546. The molecule has 2 aliphatic rings. The van der Waals surface area contributed by atoms with E-state index in [1.54, 1.807) is 4.90 Å². The number of hydrogen-bond acceptors (Lipinski definition) is 4. The van der Waals surface area contributed by atoms with Crippen LogP contribution in [0.15, 0.2) is 30.3 Å². The van der Waals surface area contributed by atoms with Gasteiger partial charge in [0.1, 0.15) is 0 Å². The molecule has 1 aliphatic carbocycles. The van der Waals surface area contributed by atoms with E-state index >= 15 is 0 Å². The van der Waals surface area contributed by atoms with Crippen LogP contribution in [0.2, 0.25) is 0 Å². The Bertz CT molecular complexity index is 566. The Morgan fingerprint density at radius 2 is 1.62 bits per heavy atom. The Morgan fingerprint density at radius 1 is 1.04 bits per heavy atom. The number of nitrogens with zero attached hydrogens (tertiary/aromatic N) is 3. The van der Waals surface area contributed by atoms with Crippen molar-refractivity contribution in [1.82, 2.24) is 15.1 Å². The first-order valence-electron chi connectivity index (χ1n) is 8.67. The van der Waals surface area contributed by atoms with E-state index in [0.717, 1.165) is 44.7 Å². The van der Waals surface area contributed by atoms with Gasteiger partial charge in [-0.3, -0.25) is 19.4 Å². The zero-order valence-electron chi connectivity index (χ0n) is 14.3. The summed E-state index contributed by atoms with van der Waals surface area (Å²) in [4.78, 5) is 30.3. The summed E-state index contributed by atoms with van der Waals surface area (Å²) in [5, 5.41) is 3.02. The standard InChI is InChI=1S/C18H26N4O2/c1-20(16-5-3-2-4-6-16)18(24)14-22-11-9-21(10-12-22)13-17(23)19-15-7-8-15/h2-6,15H,7-14H2,1H3,(H,19,23). The summed E-state index contributed by atoms with van der Waals surface area (Å²) < 4.78 is 0. The third kappa shape index (κ3) is 4.79. The molecule has 0 unspecified atom stereocenters. The number of anilines is 1.